The van der Waals surface area contributed by atoms with Crippen LogP contribution >= 0.6 is 27.5 Å². The minimum atomic E-state index is -1.25. The lowest BCUT2D eigenvalue weighted by Gasteiger charge is -2.26. The number of carbonyl (C=O) groups excluding carboxylic acids is 1. The van der Waals surface area contributed by atoms with E-state index in [1.807, 2.05) is 12.1 Å². The standard InChI is InChI=1S/C20H26BrClN4O4/c1-20(2,3)29-19(28)24-18(12-7-9-14(21)10-8-12)30-26-25-16(17(23)27)13-5-4-6-15(22)11-13/h4-11,16-18,25-27H,23H2,1-3H3,(H,24,28). The third kappa shape index (κ3) is 8.19. The molecule has 2 aromatic rings. The Balaban J connectivity index is 2.09. The normalized spacial score (nSPS) is 14.6. The Morgan fingerprint density at radius 1 is 1.17 bits per heavy atom. The van der Waals surface area contributed by atoms with Crippen LogP contribution in [0.3, 0.4) is 0 Å². The molecule has 0 saturated heterocycles. The molecule has 30 heavy (non-hydrogen) atoms. The van der Waals surface area contributed by atoms with Crippen LogP contribution in [0, 0.1) is 0 Å². The third-order valence-electron chi connectivity index (χ3n) is 3.76. The topological polar surface area (TPSA) is 118 Å². The Labute approximate surface area is 189 Å². The van der Waals surface area contributed by atoms with Gasteiger partial charge in [-0.15, -0.1) is 5.59 Å². The van der Waals surface area contributed by atoms with E-state index in [9.17, 15) is 9.90 Å². The van der Waals surface area contributed by atoms with Crippen molar-refractivity contribution in [3.05, 3.63) is 69.2 Å². The van der Waals surface area contributed by atoms with Gasteiger partial charge < -0.3 is 15.6 Å². The SMILES string of the molecule is CC(C)(C)OC(=O)NC(ONNC(c1cccc(Cl)c1)C(N)O)c1ccc(Br)cc1. The van der Waals surface area contributed by atoms with Gasteiger partial charge in [-0.25, -0.2) is 10.2 Å². The molecule has 0 bridgehead atoms. The van der Waals surface area contributed by atoms with Crippen LogP contribution in [0.1, 0.15) is 44.2 Å². The molecule has 2 aromatic carbocycles. The highest BCUT2D eigenvalue weighted by Crippen LogP contribution is 2.20. The number of ether oxygens (including phenoxy) is 1. The molecule has 0 fully saturated rings. The first-order valence-electron chi connectivity index (χ1n) is 9.15. The summed E-state index contributed by atoms with van der Waals surface area (Å²) in [6.45, 7) is 5.29. The van der Waals surface area contributed by atoms with Crippen molar-refractivity contribution < 1.29 is 19.5 Å². The molecule has 6 N–H and O–H groups in total. The van der Waals surface area contributed by atoms with Crippen molar-refractivity contribution in [3.63, 3.8) is 0 Å². The van der Waals surface area contributed by atoms with Gasteiger partial charge in [-0.1, -0.05) is 51.8 Å². The van der Waals surface area contributed by atoms with Crippen molar-refractivity contribution in [1.82, 2.24) is 16.3 Å². The molecule has 3 atom stereocenters. The molecule has 0 aliphatic rings. The summed E-state index contributed by atoms with van der Waals surface area (Å²) in [6, 6.07) is 13.3. The van der Waals surface area contributed by atoms with Crippen LogP contribution in [0.2, 0.25) is 5.02 Å². The molecule has 0 aliphatic carbocycles. The molecular weight excluding hydrogens is 476 g/mol. The van der Waals surface area contributed by atoms with Crippen molar-refractivity contribution in [3.8, 4) is 0 Å². The molecule has 0 heterocycles. The zero-order valence-electron chi connectivity index (χ0n) is 16.9. The van der Waals surface area contributed by atoms with Crippen LogP contribution in [0.4, 0.5) is 4.79 Å². The van der Waals surface area contributed by atoms with Crippen molar-refractivity contribution in [2.75, 3.05) is 0 Å². The molecule has 164 valence electrons. The van der Waals surface area contributed by atoms with Crippen LogP contribution in [-0.2, 0) is 9.57 Å². The number of aliphatic hydroxyl groups excluding tert-OH is 1. The van der Waals surface area contributed by atoms with Crippen molar-refractivity contribution in [2.45, 2.75) is 44.9 Å². The summed E-state index contributed by atoms with van der Waals surface area (Å²) in [5.41, 5.74) is 11.7. The van der Waals surface area contributed by atoms with E-state index in [1.165, 1.54) is 0 Å². The summed E-state index contributed by atoms with van der Waals surface area (Å²) in [5, 5.41) is 13.1. The fraction of sp³-hybridized carbons (Fsp3) is 0.350. The molecule has 8 nitrogen and oxygen atoms in total. The zero-order valence-corrected chi connectivity index (χ0v) is 19.2. The van der Waals surface area contributed by atoms with Crippen LogP contribution in [0.5, 0.6) is 0 Å². The number of halogens is 2. The van der Waals surface area contributed by atoms with E-state index in [0.717, 1.165) is 4.47 Å². The monoisotopic (exact) mass is 500 g/mol. The quantitative estimate of drug-likeness (QED) is 0.277. The Hall–Kier alpha value is -1.72. The molecule has 2 rings (SSSR count). The molecule has 0 spiro atoms. The van der Waals surface area contributed by atoms with E-state index in [1.54, 1.807) is 57.2 Å². The van der Waals surface area contributed by atoms with Gasteiger partial charge in [0.1, 0.15) is 11.8 Å². The lowest BCUT2D eigenvalue weighted by molar-refractivity contribution is -0.0812. The van der Waals surface area contributed by atoms with Gasteiger partial charge in [0.2, 0.25) is 0 Å². The van der Waals surface area contributed by atoms with Crippen molar-refractivity contribution in [1.29, 1.82) is 0 Å². The molecule has 1 amide bonds. The second-order valence-electron chi connectivity index (χ2n) is 7.47. The van der Waals surface area contributed by atoms with Crippen LogP contribution in [-0.4, -0.2) is 23.0 Å². The largest absolute Gasteiger partial charge is 0.444 e. The highest BCUT2D eigenvalue weighted by molar-refractivity contribution is 9.10. The number of nitrogens with one attached hydrogen (secondary N) is 3. The number of benzene rings is 2. The summed E-state index contributed by atoms with van der Waals surface area (Å²) < 4.78 is 6.17. The second kappa shape index (κ2) is 11.1. The van der Waals surface area contributed by atoms with Crippen LogP contribution in [0.25, 0.3) is 0 Å². The number of carbonyl (C=O) groups is 1. The van der Waals surface area contributed by atoms with E-state index >= 15 is 0 Å². The Morgan fingerprint density at radius 3 is 2.40 bits per heavy atom. The summed E-state index contributed by atoms with van der Waals surface area (Å²) >= 11 is 9.39. The first-order chi connectivity index (χ1) is 14.0. The second-order valence-corrected chi connectivity index (χ2v) is 8.82. The number of rotatable bonds is 8. The summed E-state index contributed by atoms with van der Waals surface area (Å²) in [4.78, 5) is 17.8. The third-order valence-corrected chi connectivity index (χ3v) is 4.52. The first kappa shape index (κ1) is 24.5. The molecular formula is C20H26BrClN4O4. The predicted octanol–water partition coefficient (Wildman–Crippen LogP) is 3.67. The number of amides is 1. The molecule has 0 radical (unpaired) electrons. The first-order valence-corrected chi connectivity index (χ1v) is 10.3. The fourth-order valence-corrected chi connectivity index (χ4v) is 2.92. The Bertz CT molecular complexity index is 830. The number of hydrazine groups is 1. The van der Waals surface area contributed by atoms with Gasteiger partial charge in [0.05, 0.1) is 6.04 Å². The average molecular weight is 502 g/mol. The number of hydrogen-bond acceptors (Lipinski definition) is 7. The van der Waals surface area contributed by atoms with Gasteiger partial charge in [0.25, 0.3) is 0 Å². The van der Waals surface area contributed by atoms with Gasteiger partial charge in [-0.3, -0.25) is 10.2 Å². The minimum absolute atomic E-state index is 0.500. The van der Waals surface area contributed by atoms with Crippen molar-refractivity contribution >= 4 is 33.6 Å². The summed E-state index contributed by atoms with van der Waals surface area (Å²) in [7, 11) is 0. The Kier molecular flexibility index (Phi) is 9.05. The van der Waals surface area contributed by atoms with Crippen molar-refractivity contribution in [2.24, 2.45) is 5.73 Å². The maximum Gasteiger partial charge on any atom is 0.410 e. The maximum absolute atomic E-state index is 12.2. The number of alkyl carbamates (subject to hydrolysis) is 1. The summed E-state index contributed by atoms with van der Waals surface area (Å²) in [5.74, 6) is 0. The lowest BCUT2D eigenvalue weighted by Crippen LogP contribution is -2.47. The number of aliphatic hydroxyl groups is 1. The number of hydrogen-bond donors (Lipinski definition) is 5. The van der Waals surface area contributed by atoms with Gasteiger partial charge in [-0.05, 0) is 50.6 Å². The van der Waals surface area contributed by atoms with Gasteiger partial charge >= 0.3 is 6.09 Å². The molecule has 0 saturated carbocycles. The van der Waals surface area contributed by atoms with Crippen LogP contribution < -0.4 is 22.1 Å². The van der Waals surface area contributed by atoms with E-state index in [-0.39, 0.29) is 0 Å². The van der Waals surface area contributed by atoms with Gasteiger partial charge in [0.15, 0.2) is 6.23 Å². The van der Waals surface area contributed by atoms with E-state index in [2.05, 4.69) is 32.3 Å². The summed E-state index contributed by atoms with van der Waals surface area (Å²) in [6.07, 6.45) is -2.79. The molecule has 10 heteroatoms. The highest BCUT2D eigenvalue weighted by Gasteiger charge is 2.23. The minimum Gasteiger partial charge on any atom is -0.444 e. The highest BCUT2D eigenvalue weighted by atomic mass is 79.9. The molecule has 3 unspecified atom stereocenters. The molecule has 0 aliphatic heterocycles. The van der Waals surface area contributed by atoms with E-state index in [0.29, 0.717) is 16.1 Å². The lowest BCUT2D eigenvalue weighted by atomic mass is 10.1. The zero-order chi connectivity index (χ0) is 22.3. The van der Waals surface area contributed by atoms with Crippen LogP contribution in [0.15, 0.2) is 53.0 Å². The fourth-order valence-electron chi connectivity index (χ4n) is 2.46. The Morgan fingerprint density at radius 2 is 1.83 bits per heavy atom. The van der Waals surface area contributed by atoms with Gasteiger partial charge in [0, 0.05) is 15.1 Å². The average Bonchev–Trinajstić information content (AvgIpc) is 2.63. The van der Waals surface area contributed by atoms with Gasteiger partial charge in [-0.2, -0.15) is 0 Å². The molecule has 0 aromatic heterocycles. The van der Waals surface area contributed by atoms with E-state index in [4.69, 9.17) is 26.9 Å². The number of nitrogens with two attached hydrogens (primary N) is 1. The smallest absolute Gasteiger partial charge is 0.410 e. The predicted molar refractivity (Wildman–Crippen MR) is 118 cm³/mol. The maximum atomic E-state index is 12.2. The van der Waals surface area contributed by atoms with E-state index < -0.39 is 30.2 Å².